The summed E-state index contributed by atoms with van der Waals surface area (Å²) in [4.78, 5) is 19.7. The standard InChI is InChI=1S/C27H35FN4O2/c1-6-31(7-2)15-14-20-8-10-21(11-9-20)24-17-32(18-26(33)29-19(3)4)27(30-24)22-12-13-23(28)25(16-22)34-5/h8-13,16-17,19H,6-7,14-15,18H2,1-5H3,(H,29,33). The highest BCUT2D eigenvalue weighted by molar-refractivity contribution is 5.77. The van der Waals surface area contributed by atoms with E-state index in [0.29, 0.717) is 11.4 Å². The summed E-state index contributed by atoms with van der Waals surface area (Å²) in [7, 11) is 1.43. The summed E-state index contributed by atoms with van der Waals surface area (Å²) in [5, 5.41) is 2.91. The monoisotopic (exact) mass is 466 g/mol. The van der Waals surface area contributed by atoms with Crippen molar-refractivity contribution in [3.63, 3.8) is 0 Å². The molecular weight excluding hydrogens is 431 g/mol. The number of methoxy groups -OCH3 is 1. The van der Waals surface area contributed by atoms with Gasteiger partial charge in [-0.1, -0.05) is 38.1 Å². The molecule has 0 aliphatic rings. The third-order valence-electron chi connectivity index (χ3n) is 5.81. The second-order valence-corrected chi connectivity index (χ2v) is 8.62. The van der Waals surface area contributed by atoms with Crippen molar-refractivity contribution in [1.29, 1.82) is 0 Å². The van der Waals surface area contributed by atoms with Crippen molar-refractivity contribution >= 4 is 5.91 Å². The van der Waals surface area contributed by atoms with Crippen molar-refractivity contribution < 1.29 is 13.9 Å². The average Bonchev–Trinajstić information content (AvgIpc) is 3.23. The van der Waals surface area contributed by atoms with E-state index in [1.165, 1.54) is 18.7 Å². The van der Waals surface area contributed by atoms with Crippen molar-refractivity contribution in [1.82, 2.24) is 19.8 Å². The van der Waals surface area contributed by atoms with Gasteiger partial charge in [0.2, 0.25) is 5.91 Å². The van der Waals surface area contributed by atoms with Crippen molar-refractivity contribution in [2.45, 2.75) is 46.7 Å². The maximum absolute atomic E-state index is 14.0. The third kappa shape index (κ3) is 6.44. The van der Waals surface area contributed by atoms with Crippen LogP contribution in [0.1, 0.15) is 33.3 Å². The van der Waals surface area contributed by atoms with Crippen molar-refractivity contribution in [2.75, 3.05) is 26.7 Å². The molecule has 34 heavy (non-hydrogen) atoms. The van der Waals surface area contributed by atoms with Crippen molar-refractivity contribution in [3.05, 3.63) is 60.0 Å². The summed E-state index contributed by atoms with van der Waals surface area (Å²) in [5.74, 6) is 0.166. The lowest BCUT2D eigenvalue weighted by atomic mass is 10.1. The number of hydrogen-bond acceptors (Lipinski definition) is 4. The lowest BCUT2D eigenvalue weighted by Crippen LogP contribution is -2.33. The van der Waals surface area contributed by atoms with Crippen LogP contribution in [0.15, 0.2) is 48.7 Å². The molecular formula is C27H35FN4O2. The Kier molecular flexibility index (Phi) is 8.82. The van der Waals surface area contributed by atoms with Crippen LogP contribution in [0.2, 0.25) is 0 Å². The van der Waals surface area contributed by atoms with Gasteiger partial charge in [0.25, 0.3) is 0 Å². The molecule has 0 saturated carbocycles. The molecule has 7 heteroatoms. The average molecular weight is 467 g/mol. The number of carbonyl (C=O) groups excluding carboxylic acids is 1. The van der Waals surface area contributed by atoms with E-state index < -0.39 is 5.82 Å². The fourth-order valence-corrected chi connectivity index (χ4v) is 3.90. The Hall–Kier alpha value is -3.19. The number of imidazole rings is 1. The summed E-state index contributed by atoms with van der Waals surface area (Å²) in [5.41, 5.74) is 3.67. The molecule has 0 unspecified atom stereocenters. The molecule has 0 fully saturated rings. The Morgan fingerprint density at radius 1 is 1.12 bits per heavy atom. The highest BCUT2D eigenvalue weighted by atomic mass is 19.1. The molecule has 6 nitrogen and oxygen atoms in total. The zero-order valence-corrected chi connectivity index (χ0v) is 20.8. The lowest BCUT2D eigenvalue weighted by Gasteiger charge is -2.17. The van der Waals surface area contributed by atoms with Gasteiger partial charge in [-0.3, -0.25) is 4.79 Å². The van der Waals surface area contributed by atoms with E-state index in [1.807, 2.05) is 20.0 Å². The number of carbonyl (C=O) groups is 1. The van der Waals surface area contributed by atoms with Gasteiger partial charge in [-0.25, -0.2) is 9.37 Å². The predicted molar refractivity (Wildman–Crippen MR) is 134 cm³/mol. The smallest absolute Gasteiger partial charge is 0.240 e. The molecule has 0 saturated heterocycles. The molecule has 0 bridgehead atoms. The number of hydrogen-bond donors (Lipinski definition) is 1. The SMILES string of the molecule is CCN(CC)CCc1ccc(-c2cn(CC(=O)NC(C)C)c(-c3ccc(F)c(OC)c3)n2)cc1. The highest BCUT2D eigenvalue weighted by Crippen LogP contribution is 2.29. The summed E-state index contributed by atoms with van der Waals surface area (Å²) < 4.78 is 20.9. The van der Waals surface area contributed by atoms with Gasteiger partial charge in [-0.2, -0.15) is 0 Å². The lowest BCUT2D eigenvalue weighted by molar-refractivity contribution is -0.122. The molecule has 182 valence electrons. The van der Waals surface area contributed by atoms with Gasteiger partial charge >= 0.3 is 0 Å². The minimum absolute atomic E-state index is 0.0359. The van der Waals surface area contributed by atoms with Gasteiger partial charge in [0.1, 0.15) is 12.4 Å². The maximum Gasteiger partial charge on any atom is 0.240 e. The number of aromatic nitrogens is 2. The number of rotatable bonds is 11. The fraction of sp³-hybridized carbons (Fsp3) is 0.407. The molecule has 0 spiro atoms. The molecule has 1 aromatic heterocycles. The zero-order chi connectivity index (χ0) is 24.7. The molecule has 1 N–H and O–H groups in total. The first kappa shape index (κ1) is 25.4. The number of ether oxygens (including phenoxy) is 1. The van der Waals surface area contributed by atoms with Gasteiger partial charge in [0, 0.05) is 29.9 Å². The Morgan fingerprint density at radius 3 is 2.41 bits per heavy atom. The number of nitrogens with zero attached hydrogens (tertiary/aromatic N) is 3. The molecule has 0 radical (unpaired) electrons. The summed E-state index contributed by atoms with van der Waals surface area (Å²) in [6.45, 7) is 11.4. The summed E-state index contributed by atoms with van der Waals surface area (Å²) in [6, 6.07) is 13.0. The normalized spacial score (nSPS) is 11.3. The number of nitrogens with one attached hydrogen (secondary N) is 1. The van der Waals surface area contributed by atoms with Gasteiger partial charge in [0.05, 0.1) is 12.8 Å². The van der Waals surface area contributed by atoms with Crippen LogP contribution in [0, 0.1) is 5.82 Å². The Morgan fingerprint density at radius 2 is 1.79 bits per heavy atom. The van der Waals surface area contributed by atoms with Crippen molar-refractivity contribution in [3.8, 4) is 28.4 Å². The first-order chi connectivity index (χ1) is 16.3. The van der Waals surface area contributed by atoms with E-state index in [4.69, 9.17) is 9.72 Å². The second kappa shape index (κ2) is 11.8. The van der Waals surface area contributed by atoms with E-state index in [-0.39, 0.29) is 24.2 Å². The van der Waals surface area contributed by atoms with Crippen LogP contribution in [-0.4, -0.2) is 53.1 Å². The van der Waals surface area contributed by atoms with Gasteiger partial charge in [-0.15, -0.1) is 0 Å². The molecule has 0 atom stereocenters. The zero-order valence-electron chi connectivity index (χ0n) is 20.8. The summed E-state index contributed by atoms with van der Waals surface area (Å²) >= 11 is 0. The van der Waals surface area contributed by atoms with Crippen LogP contribution in [0.25, 0.3) is 22.6 Å². The van der Waals surface area contributed by atoms with Crippen LogP contribution in [0.3, 0.4) is 0 Å². The Bertz CT molecular complexity index is 1090. The first-order valence-corrected chi connectivity index (χ1v) is 11.9. The first-order valence-electron chi connectivity index (χ1n) is 11.9. The van der Waals surface area contributed by atoms with Gasteiger partial charge in [-0.05, 0) is 57.1 Å². The van der Waals surface area contributed by atoms with E-state index >= 15 is 0 Å². The Labute approximate surface area is 201 Å². The molecule has 2 aromatic carbocycles. The molecule has 1 amide bonds. The number of amides is 1. The fourth-order valence-electron chi connectivity index (χ4n) is 3.90. The number of halogens is 1. The number of likely N-dealkylation sites (N-methyl/N-ethyl adjacent to an activating group) is 1. The van der Waals surface area contributed by atoms with Gasteiger partial charge < -0.3 is 19.5 Å². The molecule has 0 aliphatic heterocycles. The van der Waals surface area contributed by atoms with Crippen LogP contribution in [-0.2, 0) is 17.8 Å². The van der Waals surface area contributed by atoms with Crippen molar-refractivity contribution in [2.24, 2.45) is 0 Å². The second-order valence-electron chi connectivity index (χ2n) is 8.62. The van der Waals surface area contributed by atoms with Crippen LogP contribution in [0.5, 0.6) is 5.75 Å². The minimum atomic E-state index is -0.442. The Balaban J connectivity index is 1.91. The quantitative estimate of drug-likeness (QED) is 0.442. The molecule has 3 aromatic rings. The van der Waals surface area contributed by atoms with E-state index in [2.05, 4.69) is 48.3 Å². The minimum Gasteiger partial charge on any atom is -0.494 e. The molecule has 0 aliphatic carbocycles. The van der Waals surface area contributed by atoms with Crippen LogP contribution < -0.4 is 10.1 Å². The topological polar surface area (TPSA) is 59.4 Å². The third-order valence-corrected chi connectivity index (χ3v) is 5.81. The highest BCUT2D eigenvalue weighted by Gasteiger charge is 2.16. The molecule has 1 heterocycles. The number of benzene rings is 2. The van der Waals surface area contributed by atoms with E-state index in [1.54, 1.807) is 16.7 Å². The van der Waals surface area contributed by atoms with Crippen LogP contribution >= 0.6 is 0 Å². The largest absolute Gasteiger partial charge is 0.494 e. The summed E-state index contributed by atoms with van der Waals surface area (Å²) in [6.07, 6.45) is 2.86. The van der Waals surface area contributed by atoms with Crippen LogP contribution in [0.4, 0.5) is 4.39 Å². The predicted octanol–water partition coefficient (Wildman–Crippen LogP) is 4.77. The molecule has 3 rings (SSSR count). The maximum atomic E-state index is 14.0. The van der Waals surface area contributed by atoms with Gasteiger partial charge in [0.15, 0.2) is 11.6 Å². The van der Waals surface area contributed by atoms with E-state index in [0.717, 1.165) is 37.3 Å². The van der Waals surface area contributed by atoms with E-state index in [9.17, 15) is 9.18 Å².